The Morgan fingerprint density at radius 2 is 1.76 bits per heavy atom. The molecule has 8 nitrogen and oxygen atoms in total. The first kappa shape index (κ1) is 30.9. The number of carbonyl (C=O) groups is 1. The molecule has 0 radical (unpaired) electrons. The molecule has 0 saturated heterocycles. The first-order valence-corrected chi connectivity index (χ1v) is 16.2. The summed E-state index contributed by atoms with van der Waals surface area (Å²) in [4.78, 5) is 11.7. The number of halogens is 3. The van der Waals surface area contributed by atoms with Crippen LogP contribution in [-0.4, -0.2) is 26.0 Å². The van der Waals surface area contributed by atoms with Crippen molar-refractivity contribution >= 4 is 58.2 Å². The van der Waals surface area contributed by atoms with E-state index in [4.69, 9.17) is 44.1 Å². The van der Waals surface area contributed by atoms with Crippen LogP contribution in [0.1, 0.15) is 74.2 Å². The van der Waals surface area contributed by atoms with Crippen molar-refractivity contribution in [2.75, 3.05) is 0 Å². The molecule has 0 bridgehead atoms. The van der Waals surface area contributed by atoms with Crippen LogP contribution in [0.4, 0.5) is 4.79 Å². The zero-order chi connectivity index (χ0) is 29.6. The lowest BCUT2D eigenvalue weighted by Gasteiger charge is -2.24. The fourth-order valence-electron chi connectivity index (χ4n) is 5.35. The van der Waals surface area contributed by atoms with Crippen molar-refractivity contribution < 1.29 is 22.8 Å². The number of aromatic nitrogens is 1. The zero-order valence-electron chi connectivity index (χ0n) is 22.7. The Morgan fingerprint density at radius 3 is 2.40 bits per heavy atom. The van der Waals surface area contributed by atoms with Crippen molar-refractivity contribution in [2.24, 2.45) is 5.92 Å². The van der Waals surface area contributed by atoms with Crippen LogP contribution in [0.15, 0.2) is 47.0 Å². The first-order valence-electron chi connectivity index (χ1n) is 14.0. The summed E-state index contributed by atoms with van der Waals surface area (Å²) in [6.45, 7) is 0.242. The minimum Gasteiger partial charge on any atom is -0.755 e. The molecule has 42 heavy (non-hydrogen) atoms. The van der Waals surface area contributed by atoms with Gasteiger partial charge in [0.25, 0.3) is 0 Å². The second kappa shape index (κ2) is 14.3. The van der Waals surface area contributed by atoms with Crippen molar-refractivity contribution in [3.05, 3.63) is 74.4 Å². The molecule has 224 valence electrons. The molecule has 12 heteroatoms. The molecule has 1 atom stereocenters. The third-order valence-electron chi connectivity index (χ3n) is 7.64. The van der Waals surface area contributed by atoms with Crippen molar-refractivity contribution in [2.45, 2.75) is 69.9 Å². The molecule has 2 aliphatic rings. The summed E-state index contributed by atoms with van der Waals surface area (Å²) in [7, 11) is 0. The van der Waals surface area contributed by atoms with Crippen LogP contribution >= 0.6 is 34.8 Å². The van der Waals surface area contributed by atoms with Gasteiger partial charge in [-0.05, 0) is 80.3 Å². The van der Waals surface area contributed by atoms with Gasteiger partial charge in [-0.1, -0.05) is 71.0 Å². The summed E-state index contributed by atoms with van der Waals surface area (Å²) in [5.74, 6) is 2.17. The Labute approximate surface area is 262 Å². The van der Waals surface area contributed by atoms with Gasteiger partial charge in [-0.15, -0.1) is 0 Å². The minimum absolute atomic E-state index is 0.0311. The normalized spacial score (nSPS) is 20.1. The van der Waals surface area contributed by atoms with Gasteiger partial charge in [-0.2, -0.15) is 0 Å². The van der Waals surface area contributed by atoms with E-state index in [0.29, 0.717) is 43.9 Å². The third-order valence-corrected chi connectivity index (χ3v) is 8.94. The topological polar surface area (TPSA) is 117 Å². The standard InChI is InChI=1S/C30H32Cl3N3O5S/c31-24-8-3-9-25(32)27(24)28-23(29(41-35-28)20-12-13-20)17-40-22-15-14-19(26(33)16-22)11-10-18-4-1-6-21(7-2-5-18)34-30(37)36-42(38)39/h3,8-11,14-16,18,20-21H,1-2,4-7,12-13,17H2,(H,38,39)(H2,34,36,37)/p-1/b11-10+. The van der Waals surface area contributed by atoms with E-state index in [2.05, 4.69) is 16.5 Å². The van der Waals surface area contributed by atoms with E-state index >= 15 is 0 Å². The number of nitrogens with one attached hydrogen (secondary N) is 2. The highest BCUT2D eigenvalue weighted by atomic mass is 35.5. The Morgan fingerprint density at radius 1 is 1.05 bits per heavy atom. The summed E-state index contributed by atoms with van der Waals surface area (Å²) < 4.78 is 35.0. The quantitative estimate of drug-likeness (QED) is 0.225. The second-order valence-electron chi connectivity index (χ2n) is 10.7. The molecule has 1 unspecified atom stereocenters. The monoisotopic (exact) mass is 650 g/mol. The van der Waals surface area contributed by atoms with Crippen molar-refractivity contribution in [3.63, 3.8) is 0 Å². The van der Waals surface area contributed by atoms with E-state index in [0.717, 1.165) is 68.3 Å². The van der Waals surface area contributed by atoms with Crippen LogP contribution in [0.2, 0.25) is 15.1 Å². The van der Waals surface area contributed by atoms with Gasteiger partial charge in [0.15, 0.2) is 0 Å². The van der Waals surface area contributed by atoms with Gasteiger partial charge in [-0.25, -0.2) is 4.79 Å². The largest absolute Gasteiger partial charge is 0.755 e. The maximum absolute atomic E-state index is 11.7. The van der Waals surface area contributed by atoms with Crippen LogP contribution in [0.25, 0.3) is 17.3 Å². The fraction of sp³-hybridized carbons (Fsp3) is 0.400. The Hall–Kier alpha value is -2.56. The highest BCUT2D eigenvalue weighted by molar-refractivity contribution is 7.77. The third kappa shape index (κ3) is 8.08. The highest BCUT2D eigenvalue weighted by Crippen LogP contribution is 2.46. The maximum atomic E-state index is 11.7. The van der Waals surface area contributed by atoms with Crippen molar-refractivity contribution in [1.29, 1.82) is 0 Å². The lowest BCUT2D eigenvalue weighted by Crippen LogP contribution is -2.43. The van der Waals surface area contributed by atoms with Gasteiger partial charge in [0.2, 0.25) is 0 Å². The number of hydrogen-bond donors (Lipinski definition) is 2. The fourth-order valence-corrected chi connectivity index (χ4v) is 6.37. The van der Waals surface area contributed by atoms with E-state index < -0.39 is 17.3 Å². The SMILES string of the molecule is O=C(NC1CCCC(/C=C/c2ccc(OCc3c(-c4c(Cl)cccc4Cl)noc3C3CC3)cc2Cl)CCC1)NS(=O)[O-]. The Bertz CT molecular complexity index is 1450. The molecule has 1 aromatic heterocycles. The van der Waals surface area contributed by atoms with Crippen molar-refractivity contribution in [1.82, 2.24) is 15.2 Å². The van der Waals surface area contributed by atoms with Gasteiger partial charge >= 0.3 is 6.03 Å². The molecule has 2 amide bonds. The predicted octanol–water partition coefficient (Wildman–Crippen LogP) is 8.20. The Kier molecular flexibility index (Phi) is 10.5. The number of carbonyl (C=O) groups excluding carboxylic acids is 1. The summed E-state index contributed by atoms with van der Waals surface area (Å²) in [6, 6.07) is 10.3. The lowest BCUT2D eigenvalue weighted by atomic mass is 9.88. The highest BCUT2D eigenvalue weighted by Gasteiger charge is 2.33. The summed E-state index contributed by atoms with van der Waals surface area (Å²) in [5.41, 5.74) is 2.98. The van der Waals surface area contributed by atoms with Crippen LogP contribution in [0, 0.1) is 5.92 Å². The van der Waals surface area contributed by atoms with Crippen LogP contribution < -0.4 is 14.8 Å². The molecule has 2 N–H and O–H groups in total. The summed E-state index contributed by atoms with van der Waals surface area (Å²) in [6.07, 6.45) is 11.7. The number of rotatable bonds is 9. The van der Waals surface area contributed by atoms with Gasteiger partial charge in [0.1, 0.15) is 23.8 Å². The number of hydrogen-bond acceptors (Lipinski definition) is 6. The number of urea groups is 1. The maximum Gasteiger partial charge on any atom is 0.325 e. The average molecular weight is 652 g/mol. The van der Waals surface area contributed by atoms with Crippen LogP contribution in [0.3, 0.4) is 0 Å². The van der Waals surface area contributed by atoms with E-state index in [9.17, 15) is 13.6 Å². The number of nitrogens with zero attached hydrogens (tertiary/aromatic N) is 1. The number of ether oxygens (including phenoxy) is 1. The molecular weight excluding hydrogens is 621 g/mol. The predicted molar refractivity (Wildman–Crippen MR) is 164 cm³/mol. The van der Waals surface area contributed by atoms with E-state index in [1.807, 2.05) is 29.0 Å². The van der Waals surface area contributed by atoms with E-state index in [1.165, 1.54) is 0 Å². The molecule has 1 heterocycles. The first-order chi connectivity index (χ1) is 20.3. The molecule has 3 aromatic rings. The Balaban J connectivity index is 1.19. The van der Waals surface area contributed by atoms with Gasteiger partial charge in [-0.3, -0.25) is 8.93 Å². The van der Waals surface area contributed by atoms with E-state index in [-0.39, 0.29) is 12.6 Å². The second-order valence-corrected chi connectivity index (χ2v) is 12.6. The molecule has 2 fully saturated rings. The van der Waals surface area contributed by atoms with Crippen molar-refractivity contribution in [3.8, 4) is 17.0 Å². The minimum atomic E-state index is -2.61. The molecule has 5 rings (SSSR count). The smallest absolute Gasteiger partial charge is 0.325 e. The van der Waals surface area contributed by atoms with Gasteiger partial charge in [0.05, 0.1) is 20.6 Å². The molecular formula is C30H31Cl3N3O5S-. The van der Waals surface area contributed by atoms with Gasteiger partial charge < -0.3 is 19.1 Å². The molecule has 2 aliphatic carbocycles. The number of allylic oxidation sites excluding steroid dienone is 1. The number of amides is 2. The van der Waals surface area contributed by atoms with Gasteiger partial charge in [0, 0.05) is 28.8 Å². The molecule has 0 aliphatic heterocycles. The van der Waals surface area contributed by atoms with Crippen LogP contribution in [0.5, 0.6) is 5.75 Å². The summed E-state index contributed by atoms with van der Waals surface area (Å²) >= 11 is 17.0. The lowest BCUT2D eigenvalue weighted by molar-refractivity contribution is 0.238. The average Bonchev–Trinajstić information content (AvgIpc) is 3.68. The molecule has 2 saturated carbocycles. The van der Waals surface area contributed by atoms with E-state index in [1.54, 1.807) is 18.2 Å². The summed E-state index contributed by atoms with van der Waals surface area (Å²) in [5, 5.41) is 8.65. The zero-order valence-corrected chi connectivity index (χ0v) is 25.8. The number of benzene rings is 2. The molecule has 2 aromatic carbocycles. The molecule has 0 spiro atoms. The van der Waals surface area contributed by atoms with Crippen LogP contribution in [-0.2, 0) is 17.9 Å².